The van der Waals surface area contributed by atoms with Crippen molar-refractivity contribution in [2.75, 3.05) is 24.5 Å². The number of hydrogen-bond donors (Lipinski definition) is 1. The van der Waals surface area contributed by atoms with Crippen molar-refractivity contribution in [1.82, 2.24) is 4.90 Å². The molecule has 2 aromatic rings. The lowest BCUT2D eigenvalue weighted by atomic mass is 10.1. The molecule has 1 aliphatic heterocycles. The Balaban J connectivity index is 1.66. The van der Waals surface area contributed by atoms with Crippen LogP contribution in [0.1, 0.15) is 23.6 Å². The third-order valence-corrected chi connectivity index (χ3v) is 4.86. The fourth-order valence-electron chi connectivity index (χ4n) is 3.37. The molecule has 0 unspecified atom stereocenters. The zero-order valence-electron chi connectivity index (χ0n) is 15.1. The number of hydrogen-bond acceptors (Lipinski definition) is 3. The van der Waals surface area contributed by atoms with Gasteiger partial charge in [-0.05, 0) is 55.6 Å². The minimum absolute atomic E-state index is 0.170. The molecule has 1 fully saturated rings. The van der Waals surface area contributed by atoms with Gasteiger partial charge in [0, 0.05) is 24.8 Å². The molecule has 132 valence electrons. The molecule has 0 aliphatic carbocycles. The van der Waals surface area contributed by atoms with E-state index in [2.05, 4.69) is 55.1 Å². The first-order valence-electron chi connectivity index (χ1n) is 8.96. The molecule has 1 saturated heterocycles. The second-order valence-electron chi connectivity index (χ2n) is 6.95. The van der Waals surface area contributed by atoms with Crippen LogP contribution >= 0.6 is 0 Å². The Labute approximate surface area is 150 Å². The second-order valence-corrected chi connectivity index (χ2v) is 6.95. The van der Waals surface area contributed by atoms with E-state index < -0.39 is 0 Å². The molecule has 2 aromatic carbocycles. The van der Waals surface area contributed by atoms with Crippen molar-refractivity contribution < 1.29 is 4.79 Å². The molecule has 0 bridgehead atoms. The van der Waals surface area contributed by atoms with Gasteiger partial charge in [0.25, 0.3) is 0 Å². The van der Waals surface area contributed by atoms with E-state index in [-0.39, 0.29) is 5.91 Å². The SMILES string of the molecule is Cc1cccc(N2C[C@H](C)N(Cc3ccc(CCN)cc3)CC2=O)c1. The van der Waals surface area contributed by atoms with Crippen molar-refractivity contribution in [3.63, 3.8) is 0 Å². The summed E-state index contributed by atoms with van der Waals surface area (Å²) in [6.45, 7) is 6.91. The Hall–Kier alpha value is -2.17. The van der Waals surface area contributed by atoms with Gasteiger partial charge >= 0.3 is 0 Å². The summed E-state index contributed by atoms with van der Waals surface area (Å²) in [7, 11) is 0. The molecule has 4 heteroatoms. The second kappa shape index (κ2) is 7.81. The number of nitrogens with two attached hydrogens (primary N) is 1. The van der Waals surface area contributed by atoms with Crippen molar-refractivity contribution in [2.24, 2.45) is 5.73 Å². The predicted molar refractivity (Wildman–Crippen MR) is 103 cm³/mol. The normalized spacial score (nSPS) is 18.6. The average Bonchev–Trinajstić information content (AvgIpc) is 2.60. The van der Waals surface area contributed by atoms with Gasteiger partial charge in [-0.1, -0.05) is 36.4 Å². The van der Waals surface area contributed by atoms with E-state index in [1.807, 2.05) is 17.0 Å². The molecule has 4 nitrogen and oxygen atoms in total. The number of rotatable bonds is 5. The largest absolute Gasteiger partial charge is 0.330 e. The van der Waals surface area contributed by atoms with Gasteiger partial charge in [-0.3, -0.25) is 9.69 Å². The van der Waals surface area contributed by atoms with E-state index in [4.69, 9.17) is 5.73 Å². The topological polar surface area (TPSA) is 49.6 Å². The highest BCUT2D eigenvalue weighted by Gasteiger charge is 2.30. The highest BCUT2D eigenvalue weighted by molar-refractivity contribution is 5.95. The molecule has 1 amide bonds. The van der Waals surface area contributed by atoms with Crippen LogP contribution in [0.25, 0.3) is 0 Å². The first-order chi connectivity index (χ1) is 12.1. The van der Waals surface area contributed by atoms with Gasteiger partial charge in [0.1, 0.15) is 0 Å². The molecule has 2 N–H and O–H groups in total. The number of amides is 1. The van der Waals surface area contributed by atoms with Crippen LogP contribution in [-0.2, 0) is 17.8 Å². The summed E-state index contributed by atoms with van der Waals surface area (Å²) >= 11 is 0. The molecular weight excluding hydrogens is 310 g/mol. The highest BCUT2D eigenvalue weighted by Crippen LogP contribution is 2.22. The van der Waals surface area contributed by atoms with E-state index >= 15 is 0 Å². The standard InChI is InChI=1S/C21H27N3O/c1-16-4-3-5-20(12-16)24-13-17(2)23(15-21(24)25)14-19-8-6-18(7-9-19)10-11-22/h3-9,12,17H,10-11,13-15,22H2,1-2H3/t17-/m0/s1. The number of anilines is 1. The monoisotopic (exact) mass is 337 g/mol. The van der Waals surface area contributed by atoms with Crippen molar-refractivity contribution in [3.05, 3.63) is 65.2 Å². The minimum atomic E-state index is 0.170. The molecule has 1 aliphatic rings. The van der Waals surface area contributed by atoms with Crippen LogP contribution in [0.3, 0.4) is 0 Å². The van der Waals surface area contributed by atoms with E-state index in [0.717, 1.165) is 25.2 Å². The zero-order valence-corrected chi connectivity index (χ0v) is 15.1. The van der Waals surface area contributed by atoms with Gasteiger partial charge < -0.3 is 10.6 Å². The molecule has 0 radical (unpaired) electrons. The average molecular weight is 337 g/mol. The predicted octanol–water partition coefficient (Wildman–Crippen LogP) is 2.73. The molecule has 0 spiro atoms. The Kier molecular flexibility index (Phi) is 5.51. The lowest BCUT2D eigenvalue weighted by molar-refractivity contribution is -0.122. The Morgan fingerprint density at radius 3 is 2.52 bits per heavy atom. The maximum atomic E-state index is 12.7. The van der Waals surface area contributed by atoms with Crippen molar-refractivity contribution in [2.45, 2.75) is 32.9 Å². The van der Waals surface area contributed by atoms with E-state index in [0.29, 0.717) is 19.1 Å². The maximum absolute atomic E-state index is 12.7. The summed E-state index contributed by atoms with van der Waals surface area (Å²) in [6.07, 6.45) is 0.907. The van der Waals surface area contributed by atoms with Gasteiger partial charge in [0.15, 0.2) is 0 Å². The lowest BCUT2D eigenvalue weighted by Crippen LogP contribution is -2.54. The molecular formula is C21H27N3O. The number of carbonyl (C=O) groups excluding carboxylic acids is 1. The number of nitrogens with zero attached hydrogens (tertiary/aromatic N) is 2. The minimum Gasteiger partial charge on any atom is -0.330 e. The van der Waals surface area contributed by atoms with Gasteiger partial charge in [-0.15, -0.1) is 0 Å². The van der Waals surface area contributed by atoms with Crippen LogP contribution in [0.4, 0.5) is 5.69 Å². The quantitative estimate of drug-likeness (QED) is 0.913. The Morgan fingerprint density at radius 2 is 1.84 bits per heavy atom. The van der Waals surface area contributed by atoms with Crippen molar-refractivity contribution in [3.8, 4) is 0 Å². The summed E-state index contributed by atoms with van der Waals surface area (Å²) in [4.78, 5) is 16.8. The molecule has 25 heavy (non-hydrogen) atoms. The van der Waals surface area contributed by atoms with Crippen LogP contribution in [0.15, 0.2) is 48.5 Å². The highest BCUT2D eigenvalue weighted by atomic mass is 16.2. The summed E-state index contributed by atoms with van der Waals surface area (Å²) in [6, 6.07) is 17.1. The lowest BCUT2D eigenvalue weighted by Gasteiger charge is -2.39. The zero-order chi connectivity index (χ0) is 17.8. The van der Waals surface area contributed by atoms with E-state index in [1.165, 1.54) is 16.7 Å². The van der Waals surface area contributed by atoms with Gasteiger partial charge in [-0.25, -0.2) is 0 Å². The van der Waals surface area contributed by atoms with Crippen LogP contribution in [0, 0.1) is 6.92 Å². The maximum Gasteiger partial charge on any atom is 0.241 e. The molecule has 1 atom stereocenters. The van der Waals surface area contributed by atoms with Crippen LogP contribution in [0.5, 0.6) is 0 Å². The number of carbonyl (C=O) groups is 1. The van der Waals surface area contributed by atoms with E-state index in [9.17, 15) is 4.79 Å². The molecule has 1 heterocycles. The Bertz CT molecular complexity index is 726. The molecule has 0 aromatic heterocycles. The summed E-state index contributed by atoms with van der Waals surface area (Å²) in [5.74, 6) is 0.170. The third kappa shape index (κ3) is 4.27. The molecule has 3 rings (SSSR count). The van der Waals surface area contributed by atoms with Crippen molar-refractivity contribution in [1.29, 1.82) is 0 Å². The van der Waals surface area contributed by atoms with Crippen LogP contribution in [0.2, 0.25) is 0 Å². The smallest absolute Gasteiger partial charge is 0.241 e. The van der Waals surface area contributed by atoms with Crippen molar-refractivity contribution >= 4 is 11.6 Å². The third-order valence-electron chi connectivity index (χ3n) is 4.86. The first kappa shape index (κ1) is 17.6. The fraction of sp³-hybridized carbons (Fsp3) is 0.381. The number of benzene rings is 2. The summed E-state index contributed by atoms with van der Waals surface area (Å²) in [5.41, 5.74) is 10.3. The first-order valence-corrected chi connectivity index (χ1v) is 8.96. The van der Waals surface area contributed by atoms with Crippen LogP contribution in [-0.4, -0.2) is 36.5 Å². The molecule has 0 saturated carbocycles. The van der Waals surface area contributed by atoms with Gasteiger partial charge in [-0.2, -0.15) is 0 Å². The number of aryl methyl sites for hydroxylation is 1. The van der Waals surface area contributed by atoms with E-state index in [1.54, 1.807) is 0 Å². The number of piperazine rings is 1. The summed E-state index contributed by atoms with van der Waals surface area (Å²) < 4.78 is 0. The van der Waals surface area contributed by atoms with Gasteiger partial charge in [0.05, 0.1) is 6.54 Å². The fourth-order valence-corrected chi connectivity index (χ4v) is 3.37. The Morgan fingerprint density at radius 1 is 1.12 bits per heavy atom. The summed E-state index contributed by atoms with van der Waals surface area (Å²) in [5, 5.41) is 0. The van der Waals surface area contributed by atoms with Gasteiger partial charge in [0.2, 0.25) is 5.91 Å². The van der Waals surface area contributed by atoms with Crippen LogP contribution < -0.4 is 10.6 Å².